The molecule has 0 aromatic rings. The third-order valence-electron chi connectivity index (χ3n) is 6.97. The van der Waals surface area contributed by atoms with E-state index >= 15 is 0 Å². The molecule has 0 amide bonds. The summed E-state index contributed by atoms with van der Waals surface area (Å²) in [6, 6.07) is 0. The summed E-state index contributed by atoms with van der Waals surface area (Å²) >= 11 is 0. The van der Waals surface area contributed by atoms with Crippen molar-refractivity contribution >= 4 is 0 Å². The van der Waals surface area contributed by atoms with Crippen molar-refractivity contribution in [3.63, 3.8) is 0 Å². The normalized spacial score (nSPS) is 38.3. The average Bonchev–Trinajstić information content (AvgIpc) is 3.12. The predicted octanol–water partition coefficient (Wildman–Crippen LogP) is -4.31. The summed E-state index contributed by atoms with van der Waals surface area (Å²) in [5.74, 6) is -0.616. The van der Waals surface area contributed by atoms with Gasteiger partial charge in [0.25, 0.3) is 0 Å². The maximum atomic E-state index is 9.83. The topological polar surface area (TPSA) is 241 Å². The largest absolute Gasteiger partial charge is 0.394 e. The molecule has 0 spiro atoms. The van der Waals surface area contributed by atoms with Crippen molar-refractivity contribution in [2.45, 2.75) is 87.5 Å². The highest BCUT2D eigenvalue weighted by molar-refractivity contribution is 4.90. The molecule has 0 aromatic heterocycles. The van der Waals surface area contributed by atoms with Crippen LogP contribution in [0.3, 0.4) is 0 Å². The van der Waals surface area contributed by atoms with Crippen LogP contribution in [-0.4, -0.2) is 151 Å². The van der Waals surface area contributed by atoms with Gasteiger partial charge in [0.1, 0.15) is 12.2 Å². The second-order valence-corrected chi connectivity index (χ2v) is 9.74. The van der Waals surface area contributed by atoms with E-state index in [9.17, 15) is 30.6 Å². The number of ether oxygens (including phenoxy) is 2. The van der Waals surface area contributed by atoms with Crippen molar-refractivity contribution in [1.82, 2.24) is 0 Å². The maximum Gasteiger partial charge on any atom is 0.108 e. The van der Waals surface area contributed by atoms with E-state index in [0.29, 0.717) is 32.7 Å². The Morgan fingerprint density at radius 3 is 1.89 bits per heavy atom. The monoisotopic (exact) mass is 530 g/mol. The minimum absolute atomic E-state index is 0.0934. The van der Waals surface area contributed by atoms with Crippen molar-refractivity contribution in [3.05, 3.63) is 0 Å². The van der Waals surface area contributed by atoms with E-state index in [-0.39, 0.29) is 18.4 Å². The van der Waals surface area contributed by atoms with Crippen molar-refractivity contribution in [2.75, 3.05) is 39.6 Å². The van der Waals surface area contributed by atoms with Crippen LogP contribution in [0.4, 0.5) is 0 Å². The summed E-state index contributed by atoms with van der Waals surface area (Å²) in [4.78, 5) is 0. The Bertz CT molecular complexity index is 568. The summed E-state index contributed by atoms with van der Waals surface area (Å²) < 4.78 is 10.3. The molecule has 12 unspecified atom stereocenters. The maximum absolute atomic E-state index is 9.83. The lowest BCUT2D eigenvalue weighted by atomic mass is 9.81. The number of aliphatic hydroxyl groups excluding tert-OH is 11. The van der Waals surface area contributed by atoms with Crippen LogP contribution in [0.1, 0.15) is 32.6 Å². The van der Waals surface area contributed by atoms with Crippen molar-refractivity contribution in [3.8, 4) is 0 Å². The fourth-order valence-electron chi connectivity index (χ4n) is 4.52. The molecule has 216 valence electrons. The standard InChI is InChI=1S/C10H18O4.C8H16O5.C5H12O4/c11-8-3-1-2-6-7(10(8)13)4-14-5-9(6)12;9-3-7(11)5-4-13-2-1-6(10)8(5)12;1-3(7)5(9)4(8)2-6/h6-13H,1-5H2;5-12H,1-4H2;3-9H,2H2,1H3. The number of hydrogen-bond acceptors (Lipinski definition) is 13. The second-order valence-electron chi connectivity index (χ2n) is 9.74. The molecule has 0 radical (unpaired) electrons. The van der Waals surface area contributed by atoms with E-state index < -0.39 is 74.1 Å². The van der Waals surface area contributed by atoms with E-state index in [4.69, 9.17) is 35.0 Å². The highest BCUT2D eigenvalue weighted by Gasteiger charge is 2.41. The summed E-state index contributed by atoms with van der Waals surface area (Å²) in [5.41, 5.74) is 0. The molecule has 2 heterocycles. The van der Waals surface area contributed by atoms with Gasteiger partial charge in [-0.15, -0.1) is 0 Å². The molecular weight excluding hydrogens is 484 g/mol. The fraction of sp³-hybridized carbons (Fsp3) is 1.00. The van der Waals surface area contributed by atoms with Crippen molar-refractivity contribution in [1.29, 1.82) is 0 Å². The van der Waals surface area contributed by atoms with Crippen LogP contribution >= 0.6 is 0 Å². The van der Waals surface area contributed by atoms with E-state index in [1.54, 1.807) is 0 Å². The molecule has 12 atom stereocenters. The lowest BCUT2D eigenvalue weighted by Crippen LogP contribution is -2.46. The first kappa shape index (κ1) is 33.5. The third-order valence-corrected chi connectivity index (χ3v) is 6.97. The Balaban J connectivity index is 0.000000278. The lowest BCUT2D eigenvalue weighted by Gasteiger charge is -2.37. The van der Waals surface area contributed by atoms with Gasteiger partial charge in [-0.05, 0) is 32.1 Å². The Morgan fingerprint density at radius 1 is 0.694 bits per heavy atom. The van der Waals surface area contributed by atoms with Gasteiger partial charge < -0.3 is 65.6 Å². The summed E-state index contributed by atoms with van der Waals surface area (Å²) in [6.45, 7) is 1.73. The van der Waals surface area contributed by atoms with Crippen LogP contribution in [0, 0.1) is 17.8 Å². The van der Waals surface area contributed by atoms with Gasteiger partial charge in [-0.2, -0.15) is 0 Å². The first-order valence-corrected chi connectivity index (χ1v) is 12.5. The SMILES string of the molecule is CC(O)C(O)C(O)CO.OC1CCCC2C(O)COCC2C1O.OCC(O)C1COCCC(O)C1O. The molecule has 2 saturated heterocycles. The highest BCUT2D eigenvalue weighted by Crippen LogP contribution is 2.34. The lowest BCUT2D eigenvalue weighted by molar-refractivity contribution is -0.127. The van der Waals surface area contributed by atoms with Crippen LogP contribution in [0.15, 0.2) is 0 Å². The van der Waals surface area contributed by atoms with E-state index in [2.05, 4.69) is 0 Å². The molecule has 3 fully saturated rings. The first-order valence-electron chi connectivity index (χ1n) is 12.5. The molecule has 0 aromatic carbocycles. The van der Waals surface area contributed by atoms with Crippen LogP contribution in [-0.2, 0) is 9.47 Å². The molecule has 2 aliphatic heterocycles. The second kappa shape index (κ2) is 17.1. The van der Waals surface area contributed by atoms with Gasteiger partial charge >= 0.3 is 0 Å². The van der Waals surface area contributed by atoms with E-state index in [1.165, 1.54) is 6.92 Å². The third kappa shape index (κ3) is 10.3. The Labute approximate surface area is 211 Å². The molecule has 36 heavy (non-hydrogen) atoms. The van der Waals surface area contributed by atoms with Gasteiger partial charge in [0, 0.05) is 18.4 Å². The van der Waals surface area contributed by atoms with Crippen molar-refractivity contribution in [2.24, 2.45) is 17.8 Å². The summed E-state index contributed by atoms with van der Waals surface area (Å²) in [5, 5.41) is 100. The van der Waals surface area contributed by atoms with Gasteiger partial charge in [-0.25, -0.2) is 0 Å². The van der Waals surface area contributed by atoms with E-state index in [1.807, 2.05) is 0 Å². The van der Waals surface area contributed by atoms with Gasteiger partial charge in [0.15, 0.2) is 0 Å². The molecule has 11 N–H and O–H groups in total. The quantitative estimate of drug-likeness (QED) is 0.161. The smallest absolute Gasteiger partial charge is 0.108 e. The summed E-state index contributed by atoms with van der Waals surface area (Å²) in [7, 11) is 0. The number of rotatable bonds is 5. The van der Waals surface area contributed by atoms with Crippen LogP contribution < -0.4 is 0 Å². The first-order chi connectivity index (χ1) is 17.0. The zero-order valence-corrected chi connectivity index (χ0v) is 20.7. The molecule has 3 aliphatic rings. The van der Waals surface area contributed by atoms with Gasteiger partial charge in [0.2, 0.25) is 0 Å². The molecule has 3 rings (SSSR count). The fourth-order valence-corrected chi connectivity index (χ4v) is 4.52. The van der Waals surface area contributed by atoms with Gasteiger partial charge in [-0.1, -0.05) is 6.42 Å². The van der Waals surface area contributed by atoms with Crippen LogP contribution in [0.2, 0.25) is 0 Å². The number of hydrogen-bond donors (Lipinski definition) is 11. The van der Waals surface area contributed by atoms with Crippen molar-refractivity contribution < 1.29 is 65.6 Å². The molecule has 13 heteroatoms. The van der Waals surface area contributed by atoms with Crippen LogP contribution in [0.25, 0.3) is 0 Å². The number of fused-ring (bicyclic) bond motifs is 1. The zero-order chi connectivity index (χ0) is 27.4. The molecule has 13 nitrogen and oxygen atoms in total. The molecule has 1 aliphatic carbocycles. The minimum atomic E-state index is -1.25. The Hall–Kier alpha value is -0.520. The predicted molar refractivity (Wildman–Crippen MR) is 124 cm³/mol. The van der Waals surface area contributed by atoms with Crippen LogP contribution in [0.5, 0.6) is 0 Å². The molecule has 1 saturated carbocycles. The number of aliphatic hydroxyl groups is 11. The highest BCUT2D eigenvalue weighted by atomic mass is 16.5. The van der Waals surface area contributed by atoms with Gasteiger partial charge in [-0.3, -0.25) is 0 Å². The molecular formula is C23H46O13. The Morgan fingerprint density at radius 2 is 1.33 bits per heavy atom. The summed E-state index contributed by atoms with van der Waals surface area (Å²) in [6.07, 6.45) is -5.59. The zero-order valence-electron chi connectivity index (χ0n) is 20.7. The van der Waals surface area contributed by atoms with E-state index in [0.717, 1.165) is 12.8 Å². The molecule has 0 bridgehead atoms. The minimum Gasteiger partial charge on any atom is -0.394 e. The van der Waals surface area contributed by atoms with Gasteiger partial charge in [0.05, 0.1) is 75.8 Å². The Kier molecular flexibility index (Phi) is 16.0. The average molecular weight is 531 g/mol.